The van der Waals surface area contributed by atoms with Crippen LogP contribution in [-0.2, 0) is 5.41 Å². The fourth-order valence-corrected chi connectivity index (χ4v) is 11.7. The van der Waals surface area contributed by atoms with E-state index < -0.39 is 5.41 Å². The minimum Gasteiger partial charge on any atom is -0.456 e. The molecule has 1 spiro atoms. The minimum absolute atomic E-state index is 0.415. The summed E-state index contributed by atoms with van der Waals surface area (Å²) in [6, 6.07) is 82.6. The SMILES string of the molecule is c1ccc(-c2ccc(-c3nc(-c4ccc(-n5c6ccccc6c6c7c(ccc65)C5(c6ccccc6-c6ccccc65)c5ccccc5-7)cc4)nc(-c4ccc5c(c4)oc4ccccc45)n3)cc2)cc1. The third-order valence-electron chi connectivity index (χ3n) is 14.7. The van der Waals surface area contributed by atoms with Gasteiger partial charge in [0.2, 0.25) is 0 Å². The Morgan fingerprint density at radius 1 is 0.333 bits per heavy atom. The molecular formula is C64H38N4O. The van der Waals surface area contributed by atoms with E-state index in [1.165, 1.54) is 60.8 Å². The van der Waals surface area contributed by atoms with Gasteiger partial charge >= 0.3 is 0 Å². The van der Waals surface area contributed by atoms with Crippen LogP contribution in [0.2, 0.25) is 0 Å². The summed E-state index contributed by atoms with van der Waals surface area (Å²) in [5.74, 6) is 1.78. The first kappa shape index (κ1) is 38.0. The van der Waals surface area contributed by atoms with Crippen molar-refractivity contribution in [2.24, 2.45) is 0 Å². The summed E-state index contributed by atoms with van der Waals surface area (Å²) in [5, 5.41) is 4.64. The molecule has 0 bridgehead atoms. The topological polar surface area (TPSA) is 56.7 Å². The van der Waals surface area contributed by atoms with Gasteiger partial charge in [-0.25, -0.2) is 15.0 Å². The number of benzene rings is 10. The van der Waals surface area contributed by atoms with E-state index in [0.29, 0.717) is 17.5 Å². The van der Waals surface area contributed by atoms with Gasteiger partial charge in [-0.15, -0.1) is 0 Å². The third kappa shape index (κ3) is 5.38. The van der Waals surface area contributed by atoms with Gasteiger partial charge in [0.25, 0.3) is 0 Å². The predicted molar refractivity (Wildman–Crippen MR) is 279 cm³/mol. The van der Waals surface area contributed by atoms with Crippen molar-refractivity contribution in [2.75, 3.05) is 0 Å². The molecule has 0 saturated heterocycles. The average molecular weight is 879 g/mol. The van der Waals surface area contributed by atoms with Crippen molar-refractivity contribution in [1.82, 2.24) is 19.5 Å². The van der Waals surface area contributed by atoms with Gasteiger partial charge in [0.1, 0.15) is 11.2 Å². The highest BCUT2D eigenvalue weighted by molar-refractivity contribution is 6.19. The van der Waals surface area contributed by atoms with E-state index in [1.807, 2.05) is 30.3 Å². The van der Waals surface area contributed by atoms with Crippen LogP contribution in [0.15, 0.2) is 235 Å². The molecule has 3 aromatic heterocycles. The van der Waals surface area contributed by atoms with E-state index in [4.69, 9.17) is 19.4 Å². The molecule has 0 saturated carbocycles. The molecule has 0 amide bonds. The molecule has 0 aliphatic heterocycles. The molecule has 2 aliphatic rings. The van der Waals surface area contributed by atoms with Crippen molar-refractivity contribution in [2.45, 2.75) is 5.41 Å². The molecular weight excluding hydrogens is 841 g/mol. The summed E-state index contributed by atoms with van der Waals surface area (Å²) < 4.78 is 8.75. The Labute approximate surface area is 397 Å². The largest absolute Gasteiger partial charge is 0.456 e. The smallest absolute Gasteiger partial charge is 0.164 e. The van der Waals surface area contributed by atoms with Gasteiger partial charge in [-0.2, -0.15) is 0 Å². The van der Waals surface area contributed by atoms with Crippen molar-refractivity contribution < 1.29 is 4.42 Å². The number of rotatable bonds is 5. The quantitative estimate of drug-likeness (QED) is 0.173. The van der Waals surface area contributed by atoms with E-state index in [2.05, 4.69) is 205 Å². The summed E-state index contributed by atoms with van der Waals surface area (Å²) in [5.41, 5.74) is 20.2. The summed E-state index contributed by atoms with van der Waals surface area (Å²) in [4.78, 5) is 15.5. The summed E-state index contributed by atoms with van der Waals surface area (Å²) in [6.07, 6.45) is 0. The van der Waals surface area contributed by atoms with Gasteiger partial charge in [0.15, 0.2) is 17.5 Å². The number of aromatic nitrogens is 4. The molecule has 5 nitrogen and oxygen atoms in total. The van der Waals surface area contributed by atoms with Crippen molar-refractivity contribution >= 4 is 43.7 Å². The second-order valence-corrected chi connectivity index (χ2v) is 18.2. The number of nitrogens with zero attached hydrogens (tertiary/aromatic N) is 4. The van der Waals surface area contributed by atoms with Gasteiger partial charge in [-0.1, -0.05) is 176 Å². The maximum atomic E-state index is 6.33. The van der Waals surface area contributed by atoms with Crippen LogP contribution in [0.25, 0.3) is 117 Å². The Bertz CT molecular complexity index is 4190. The molecule has 69 heavy (non-hydrogen) atoms. The van der Waals surface area contributed by atoms with Crippen LogP contribution in [-0.4, -0.2) is 19.5 Å². The van der Waals surface area contributed by atoms with E-state index >= 15 is 0 Å². The standard InChI is InChI=1S/C64H38N4O/c1-2-14-39(15-3-1)40-26-28-41(29-27-40)61-65-62(67-63(66-61)43-32-35-48-47-18-8-13-25-57(47)69-58(48)38-43)42-30-33-44(34-31-42)68-55-24-12-7-20-50(55)60-56(68)37-36-54-59(60)49-19-6-11-23-53(49)64(54)51-21-9-4-16-45(51)46-17-5-10-22-52(46)64/h1-38H. The maximum absolute atomic E-state index is 6.33. The van der Waals surface area contributed by atoms with Crippen LogP contribution < -0.4 is 0 Å². The average Bonchev–Trinajstić information content (AvgIpc) is 4.15. The molecule has 13 aromatic rings. The van der Waals surface area contributed by atoms with E-state index in [9.17, 15) is 0 Å². The first-order valence-electron chi connectivity index (χ1n) is 23.5. The lowest BCUT2D eigenvalue weighted by molar-refractivity contribution is 0.669. The highest BCUT2D eigenvalue weighted by Crippen LogP contribution is 2.64. The van der Waals surface area contributed by atoms with Crippen LogP contribution in [0.1, 0.15) is 22.3 Å². The Morgan fingerprint density at radius 2 is 0.841 bits per heavy atom. The summed E-state index contributed by atoms with van der Waals surface area (Å²) >= 11 is 0. The first-order chi connectivity index (χ1) is 34.2. The van der Waals surface area contributed by atoms with Crippen molar-refractivity contribution in [3.63, 3.8) is 0 Å². The highest BCUT2D eigenvalue weighted by Gasteiger charge is 2.52. The molecule has 0 radical (unpaired) electrons. The van der Waals surface area contributed by atoms with Crippen LogP contribution in [0.5, 0.6) is 0 Å². The van der Waals surface area contributed by atoms with Gasteiger partial charge in [-0.05, 0) is 110 Å². The highest BCUT2D eigenvalue weighted by atomic mass is 16.3. The second kappa shape index (κ2) is 14.4. The molecule has 0 N–H and O–H groups in total. The number of fused-ring (bicyclic) bond motifs is 17. The Morgan fingerprint density at radius 3 is 1.55 bits per heavy atom. The Hall–Kier alpha value is -9.19. The maximum Gasteiger partial charge on any atom is 0.164 e. The first-order valence-corrected chi connectivity index (χ1v) is 23.5. The number of hydrogen-bond donors (Lipinski definition) is 0. The molecule has 3 heterocycles. The van der Waals surface area contributed by atoms with Gasteiger partial charge in [0, 0.05) is 43.9 Å². The van der Waals surface area contributed by atoms with Gasteiger partial charge in [-0.3, -0.25) is 0 Å². The number of hydrogen-bond acceptors (Lipinski definition) is 4. The molecule has 10 aromatic carbocycles. The fourth-order valence-electron chi connectivity index (χ4n) is 11.7. The molecule has 15 rings (SSSR count). The molecule has 0 atom stereocenters. The normalized spacial score (nSPS) is 13.0. The van der Waals surface area contributed by atoms with E-state index in [-0.39, 0.29) is 0 Å². The molecule has 2 aliphatic carbocycles. The lowest BCUT2D eigenvalue weighted by Crippen LogP contribution is -2.25. The molecule has 5 heteroatoms. The minimum atomic E-state index is -0.415. The van der Waals surface area contributed by atoms with Crippen LogP contribution in [0.4, 0.5) is 0 Å². The Balaban J connectivity index is 0.887. The lowest BCUT2D eigenvalue weighted by atomic mass is 9.70. The van der Waals surface area contributed by atoms with E-state index in [0.717, 1.165) is 61.0 Å². The number of para-hydroxylation sites is 2. The Kier molecular flexibility index (Phi) is 7.93. The molecule has 320 valence electrons. The van der Waals surface area contributed by atoms with Crippen molar-refractivity contribution in [1.29, 1.82) is 0 Å². The van der Waals surface area contributed by atoms with Crippen LogP contribution in [0, 0.1) is 0 Å². The van der Waals surface area contributed by atoms with Crippen LogP contribution in [0.3, 0.4) is 0 Å². The van der Waals surface area contributed by atoms with Crippen LogP contribution >= 0.6 is 0 Å². The zero-order valence-electron chi connectivity index (χ0n) is 37.1. The molecule has 0 unspecified atom stereocenters. The van der Waals surface area contributed by atoms with Crippen molar-refractivity contribution in [3.05, 3.63) is 253 Å². The monoisotopic (exact) mass is 878 g/mol. The second-order valence-electron chi connectivity index (χ2n) is 18.2. The fraction of sp³-hybridized carbons (Fsp3) is 0.0156. The van der Waals surface area contributed by atoms with Gasteiger partial charge in [0.05, 0.1) is 16.4 Å². The number of furan rings is 1. The zero-order chi connectivity index (χ0) is 45.2. The molecule has 0 fully saturated rings. The lowest BCUT2D eigenvalue weighted by Gasteiger charge is -2.30. The predicted octanol–water partition coefficient (Wildman–Crippen LogP) is 15.9. The van der Waals surface area contributed by atoms with Gasteiger partial charge < -0.3 is 8.98 Å². The third-order valence-corrected chi connectivity index (χ3v) is 14.7. The summed E-state index contributed by atoms with van der Waals surface area (Å²) in [6.45, 7) is 0. The zero-order valence-corrected chi connectivity index (χ0v) is 37.1. The van der Waals surface area contributed by atoms with Crippen molar-refractivity contribution in [3.8, 4) is 73.2 Å². The van der Waals surface area contributed by atoms with E-state index in [1.54, 1.807) is 0 Å². The summed E-state index contributed by atoms with van der Waals surface area (Å²) in [7, 11) is 0.